The fraction of sp³-hybridized carbons (Fsp3) is 0.231. The number of anilines is 2. The van der Waals surface area contributed by atoms with Crippen molar-refractivity contribution in [2.45, 2.75) is 19.4 Å². The van der Waals surface area contributed by atoms with Crippen LogP contribution in [0.3, 0.4) is 0 Å². The van der Waals surface area contributed by atoms with Gasteiger partial charge in [-0.15, -0.1) is 0 Å². The number of amides is 1. The molecule has 0 aliphatic carbocycles. The number of nitrogens with two attached hydrogens (primary N) is 2. The van der Waals surface area contributed by atoms with E-state index in [9.17, 15) is 4.79 Å². The molecule has 0 aliphatic rings. The Labute approximate surface area is 105 Å². The molecule has 2 aromatic rings. The van der Waals surface area contributed by atoms with E-state index >= 15 is 0 Å². The normalized spacial score (nSPS) is 11.4. The van der Waals surface area contributed by atoms with Gasteiger partial charge in [-0.05, 0) is 26.0 Å². The molecule has 5 nitrogen and oxygen atoms in total. The van der Waals surface area contributed by atoms with E-state index in [0.717, 1.165) is 11.1 Å². The Morgan fingerprint density at radius 1 is 1.33 bits per heavy atom. The molecule has 0 aliphatic heterocycles. The fourth-order valence-corrected chi connectivity index (χ4v) is 1.71. The van der Waals surface area contributed by atoms with Crippen LogP contribution < -0.4 is 16.8 Å². The van der Waals surface area contributed by atoms with Gasteiger partial charge in [-0.25, -0.2) is 0 Å². The van der Waals surface area contributed by atoms with E-state index < -0.39 is 11.4 Å². The summed E-state index contributed by atoms with van der Waals surface area (Å²) in [5, 5.41) is 3.99. The van der Waals surface area contributed by atoms with Crippen LogP contribution in [0.25, 0.3) is 10.9 Å². The van der Waals surface area contributed by atoms with Crippen LogP contribution in [0.15, 0.2) is 30.5 Å². The average Bonchev–Trinajstić information content (AvgIpc) is 2.30. The van der Waals surface area contributed by atoms with Gasteiger partial charge >= 0.3 is 0 Å². The number of nitrogen functional groups attached to an aromatic ring is 1. The molecule has 0 saturated carbocycles. The van der Waals surface area contributed by atoms with Crippen molar-refractivity contribution in [1.29, 1.82) is 0 Å². The summed E-state index contributed by atoms with van der Waals surface area (Å²) in [6.45, 7) is 3.46. The number of rotatable bonds is 3. The lowest BCUT2D eigenvalue weighted by Gasteiger charge is -2.24. The van der Waals surface area contributed by atoms with E-state index in [1.54, 1.807) is 32.2 Å². The van der Waals surface area contributed by atoms with Gasteiger partial charge < -0.3 is 16.8 Å². The average molecular weight is 244 g/mol. The van der Waals surface area contributed by atoms with Crippen molar-refractivity contribution >= 4 is 28.2 Å². The van der Waals surface area contributed by atoms with Gasteiger partial charge in [0, 0.05) is 17.3 Å². The summed E-state index contributed by atoms with van der Waals surface area (Å²) >= 11 is 0. The Kier molecular flexibility index (Phi) is 2.82. The number of pyridine rings is 1. The number of fused-ring (bicyclic) bond motifs is 1. The molecule has 0 unspecified atom stereocenters. The van der Waals surface area contributed by atoms with E-state index in [2.05, 4.69) is 10.3 Å². The Hall–Kier alpha value is -2.30. The SMILES string of the molecule is CC(C)(Nc1ccnc2c(N)cccc12)C(N)=O. The van der Waals surface area contributed by atoms with Crippen molar-refractivity contribution in [3.05, 3.63) is 30.5 Å². The number of hydrogen-bond acceptors (Lipinski definition) is 4. The highest BCUT2D eigenvalue weighted by atomic mass is 16.1. The molecule has 0 bridgehead atoms. The summed E-state index contributed by atoms with van der Waals surface area (Å²) < 4.78 is 0. The zero-order chi connectivity index (χ0) is 13.3. The lowest BCUT2D eigenvalue weighted by atomic mass is 10.0. The first-order valence-corrected chi connectivity index (χ1v) is 5.63. The molecule has 0 radical (unpaired) electrons. The number of carbonyl (C=O) groups is 1. The molecule has 1 aromatic heterocycles. The van der Waals surface area contributed by atoms with Crippen LogP contribution in [0.1, 0.15) is 13.8 Å². The van der Waals surface area contributed by atoms with Gasteiger partial charge in [-0.3, -0.25) is 9.78 Å². The van der Waals surface area contributed by atoms with Crippen LogP contribution in [0.4, 0.5) is 11.4 Å². The van der Waals surface area contributed by atoms with Crippen molar-refractivity contribution in [3.8, 4) is 0 Å². The Morgan fingerprint density at radius 2 is 2.06 bits per heavy atom. The van der Waals surface area contributed by atoms with E-state index in [0.29, 0.717) is 11.2 Å². The summed E-state index contributed by atoms with van der Waals surface area (Å²) in [5.41, 5.74) is 12.5. The number of primary amides is 1. The second-order valence-electron chi connectivity index (χ2n) is 4.72. The lowest BCUT2D eigenvalue weighted by Crippen LogP contribution is -2.45. The zero-order valence-electron chi connectivity index (χ0n) is 10.4. The first kappa shape index (κ1) is 12.2. The van der Waals surface area contributed by atoms with Gasteiger partial charge in [0.1, 0.15) is 5.54 Å². The lowest BCUT2D eigenvalue weighted by molar-refractivity contribution is -0.121. The maximum atomic E-state index is 11.3. The first-order valence-electron chi connectivity index (χ1n) is 5.63. The van der Waals surface area contributed by atoms with Crippen LogP contribution in [0, 0.1) is 0 Å². The molecular formula is C13H16N4O. The minimum atomic E-state index is -0.834. The number of carbonyl (C=O) groups excluding carboxylic acids is 1. The second kappa shape index (κ2) is 4.18. The molecule has 0 saturated heterocycles. The Bertz CT molecular complexity index is 607. The van der Waals surface area contributed by atoms with Crippen LogP contribution in [0.5, 0.6) is 0 Å². The van der Waals surface area contributed by atoms with Gasteiger partial charge in [0.2, 0.25) is 5.91 Å². The fourth-order valence-electron chi connectivity index (χ4n) is 1.71. The summed E-state index contributed by atoms with van der Waals surface area (Å²) in [6, 6.07) is 7.34. The molecule has 0 atom stereocenters. The van der Waals surface area contributed by atoms with Crippen molar-refractivity contribution in [1.82, 2.24) is 4.98 Å². The third-order valence-corrected chi connectivity index (χ3v) is 2.87. The molecule has 5 N–H and O–H groups in total. The van der Waals surface area contributed by atoms with Crippen molar-refractivity contribution in [2.24, 2.45) is 5.73 Å². The van der Waals surface area contributed by atoms with Gasteiger partial charge in [0.15, 0.2) is 0 Å². The second-order valence-corrected chi connectivity index (χ2v) is 4.72. The third kappa shape index (κ3) is 2.07. The highest BCUT2D eigenvalue weighted by Gasteiger charge is 2.25. The third-order valence-electron chi connectivity index (χ3n) is 2.87. The smallest absolute Gasteiger partial charge is 0.242 e. The summed E-state index contributed by atoms with van der Waals surface area (Å²) in [6.07, 6.45) is 1.65. The molecule has 94 valence electrons. The first-order chi connectivity index (χ1) is 8.42. The van der Waals surface area contributed by atoms with Crippen molar-refractivity contribution < 1.29 is 4.79 Å². The molecule has 0 spiro atoms. The minimum Gasteiger partial charge on any atom is -0.397 e. The standard InChI is InChI=1S/C13H16N4O/c1-13(2,12(15)18)17-10-6-7-16-11-8(10)4-3-5-9(11)14/h3-7H,14H2,1-2H3,(H2,15,18)(H,16,17). The number of benzene rings is 1. The van der Waals surface area contributed by atoms with Gasteiger partial charge in [0.25, 0.3) is 0 Å². The quantitative estimate of drug-likeness (QED) is 0.713. The Balaban J connectivity index is 2.53. The van der Waals surface area contributed by atoms with Gasteiger partial charge in [-0.1, -0.05) is 12.1 Å². The topological polar surface area (TPSA) is 94.0 Å². The van der Waals surface area contributed by atoms with E-state index in [-0.39, 0.29) is 0 Å². The van der Waals surface area contributed by atoms with E-state index in [1.807, 2.05) is 12.1 Å². The number of hydrogen-bond donors (Lipinski definition) is 3. The summed E-state index contributed by atoms with van der Waals surface area (Å²) in [4.78, 5) is 15.6. The number of nitrogens with zero attached hydrogens (tertiary/aromatic N) is 1. The predicted molar refractivity (Wildman–Crippen MR) is 73.1 cm³/mol. The predicted octanol–water partition coefficient (Wildman–Crippen LogP) is 1.49. The molecule has 18 heavy (non-hydrogen) atoms. The molecule has 1 heterocycles. The monoisotopic (exact) mass is 244 g/mol. The summed E-state index contributed by atoms with van der Waals surface area (Å²) in [5.74, 6) is -0.420. The van der Waals surface area contributed by atoms with Gasteiger partial charge in [0.05, 0.1) is 11.2 Å². The number of aromatic nitrogens is 1. The molecule has 5 heteroatoms. The van der Waals surface area contributed by atoms with Crippen LogP contribution >= 0.6 is 0 Å². The highest BCUT2D eigenvalue weighted by Crippen LogP contribution is 2.27. The van der Waals surface area contributed by atoms with Crippen LogP contribution in [-0.2, 0) is 4.79 Å². The maximum Gasteiger partial charge on any atom is 0.242 e. The van der Waals surface area contributed by atoms with E-state index in [1.165, 1.54) is 0 Å². The van der Waals surface area contributed by atoms with Gasteiger partial charge in [-0.2, -0.15) is 0 Å². The van der Waals surface area contributed by atoms with Crippen LogP contribution in [-0.4, -0.2) is 16.4 Å². The minimum absolute atomic E-state index is 0.420. The summed E-state index contributed by atoms with van der Waals surface area (Å²) in [7, 11) is 0. The van der Waals surface area contributed by atoms with E-state index in [4.69, 9.17) is 11.5 Å². The van der Waals surface area contributed by atoms with Crippen LogP contribution in [0.2, 0.25) is 0 Å². The highest BCUT2D eigenvalue weighted by molar-refractivity contribution is 5.99. The van der Waals surface area contributed by atoms with Crippen molar-refractivity contribution in [3.63, 3.8) is 0 Å². The molecule has 1 amide bonds. The molecule has 1 aromatic carbocycles. The molecule has 2 rings (SSSR count). The number of para-hydroxylation sites is 1. The Morgan fingerprint density at radius 3 is 2.72 bits per heavy atom. The zero-order valence-corrected chi connectivity index (χ0v) is 10.4. The molecular weight excluding hydrogens is 228 g/mol. The maximum absolute atomic E-state index is 11.3. The largest absolute Gasteiger partial charge is 0.397 e. The number of nitrogens with one attached hydrogen (secondary N) is 1. The molecule has 0 fully saturated rings. The van der Waals surface area contributed by atoms with Crippen molar-refractivity contribution in [2.75, 3.05) is 11.1 Å².